The summed E-state index contributed by atoms with van der Waals surface area (Å²) in [6.07, 6.45) is 2.15. The maximum absolute atomic E-state index is 10.4. The first-order chi connectivity index (χ1) is 8.56. The van der Waals surface area contributed by atoms with Crippen LogP contribution in [0.4, 0.5) is 5.69 Å². The monoisotopic (exact) mass is 265 g/mol. The van der Waals surface area contributed by atoms with Crippen molar-refractivity contribution in [2.75, 3.05) is 0 Å². The first-order valence-corrected chi connectivity index (χ1v) is 5.34. The average molecular weight is 266 g/mol. The number of hydrogen-bond acceptors (Lipinski definition) is 5. The maximum atomic E-state index is 10.4. The van der Waals surface area contributed by atoms with E-state index in [1.54, 1.807) is 12.1 Å². The normalized spacial score (nSPS) is 10.1. The molecule has 0 aliphatic carbocycles. The van der Waals surface area contributed by atoms with Gasteiger partial charge in [0.1, 0.15) is 18.1 Å². The molecule has 2 aromatic rings. The summed E-state index contributed by atoms with van der Waals surface area (Å²) in [5, 5.41) is 10.9. The fourth-order valence-corrected chi connectivity index (χ4v) is 1.40. The SMILES string of the molecule is Cc1ccc(Cl)c(Oc2ncc([N+](=O)[O-])cn2)c1. The van der Waals surface area contributed by atoms with Crippen molar-refractivity contribution >= 4 is 17.3 Å². The number of aryl methyl sites for hydroxylation is 1. The second kappa shape index (κ2) is 4.97. The van der Waals surface area contributed by atoms with Crippen LogP contribution in [0.2, 0.25) is 5.02 Å². The third-order valence-corrected chi connectivity index (χ3v) is 2.43. The Balaban J connectivity index is 2.23. The molecule has 0 unspecified atom stereocenters. The molecule has 0 amide bonds. The van der Waals surface area contributed by atoms with Gasteiger partial charge in [-0.2, -0.15) is 9.97 Å². The molecule has 1 heterocycles. The van der Waals surface area contributed by atoms with Crippen molar-refractivity contribution in [2.45, 2.75) is 6.92 Å². The van der Waals surface area contributed by atoms with Crippen LogP contribution < -0.4 is 4.74 Å². The molecule has 0 saturated carbocycles. The van der Waals surface area contributed by atoms with E-state index in [1.807, 2.05) is 13.0 Å². The fraction of sp³-hybridized carbons (Fsp3) is 0.0909. The number of halogens is 1. The fourth-order valence-electron chi connectivity index (χ4n) is 1.24. The van der Waals surface area contributed by atoms with Crippen molar-refractivity contribution in [3.05, 3.63) is 51.3 Å². The van der Waals surface area contributed by atoms with Crippen LogP contribution >= 0.6 is 11.6 Å². The van der Waals surface area contributed by atoms with Gasteiger partial charge in [-0.05, 0) is 24.6 Å². The standard InChI is InChI=1S/C11H8ClN3O3/c1-7-2-3-9(12)10(4-7)18-11-13-5-8(6-14-11)15(16)17/h2-6H,1H3. The Labute approximate surface area is 107 Å². The van der Waals surface area contributed by atoms with Crippen LogP contribution in [0.1, 0.15) is 5.56 Å². The van der Waals surface area contributed by atoms with Crippen LogP contribution in [0.15, 0.2) is 30.6 Å². The Morgan fingerprint density at radius 1 is 1.33 bits per heavy atom. The first kappa shape index (κ1) is 12.3. The van der Waals surface area contributed by atoms with E-state index in [9.17, 15) is 10.1 Å². The van der Waals surface area contributed by atoms with Gasteiger partial charge in [-0.15, -0.1) is 0 Å². The van der Waals surface area contributed by atoms with E-state index in [4.69, 9.17) is 16.3 Å². The van der Waals surface area contributed by atoms with Gasteiger partial charge in [0.15, 0.2) is 0 Å². The number of ether oxygens (including phenoxy) is 1. The Bertz CT molecular complexity index is 587. The van der Waals surface area contributed by atoms with Gasteiger partial charge in [-0.25, -0.2) is 0 Å². The summed E-state index contributed by atoms with van der Waals surface area (Å²) in [7, 11) is 0. The van der Waals surface area contributed by atoms with E-state index in [0.717, 1.165) is 18.0 Å². The molecular weight excluding hydrogens is 258 g/mol. The molecule has 0 saturated heterocycles. The highest BCUT2D eigenvalue weighted by Crippen LogP contribution is 2.28. The van der Waals surface area contributed by atoms with Gasteiger partial charge in [0.2, 0.25) is 0 Å². The zero-order valence-corrected chi connectivity index (χ0v) is 10.1. The molecule has 0 radical (unpaired) electrons. The molecule has 7 heteroatoms. The molecule has 6 nitrogen and oxygen atoms in total. The Morgan fingerprint density at radius 2 is 2.00 bits per heavy atom. The molecule has 0 aliphatic heterocycles. The van der Waals surface area contributed by atoms with Crippen molar-refractivity contribution in [1.29, 1.82) is 0 Å². The lowest BCUT2D eigenvalue weighted by molar-refractivity contribution is -0.385. The Kier molecular flexibility index (Phi) is 3.38. The summed E-state index contributed by atoms with van der Waals surface area (Å²) in [5.74, 6) is 0.408. The van der Waals surface area contributed by atoms with E-state index >= 15 is 0 Å². The summed E-state index contributed by atoms with van der Waals surface area (Å²) in [4.78, 5) is 17.3. The summed E-state index contributed by atoms with van der Waals surface area (Å²) in [6.45, 7) is 1.89. The predicted molar refractivity (Wildman–Crippen MR) is 64.9 cm³/mol. The van der Waals surface area contributed by atoms with Gasteiger partial charge in [0.25, 0.3) is 0 Å². The molecule has 1 aromatic carbocycles. The zero-order chi connectivity index (χ0) is 13.1. The highest BCUT2D eigenvalue weighted by Gasteiger charge is 2.09. The van der Waals surface area contributed by atoms with Crippen molar-refractivity contribution in [1.82, 2.24) is 9.97 Å². The molecule has 1 aromatic heterocycles. The molecule has 0 spiro atoms. The number of aromatic nitrogens is 2. The van der Waals surface area contributed by atoms with E-state index in [2.05, 4.69) is 9.97 Å². The number of hydrogen-bond donors (Lipinski definition) is 0. The number of rotatable bonds is 3. The van der Waals surface area contributed by atoms with Gasteiger partial charge >= 0.3 is 11.7 Å². The molecule has 0 atom stereocenters. The lowest BCUT2D eigenvalue weighted by Crippen LogP contribution is -1.95. The maximum Gasteiger partial charge on any atom is 0.322 e. The summed E-state index contributed by atoms with van der Waals surface area (Å²) in [6, 6.07) is 5.27. The Hall–Kier alpha value is -2.21. The van der Waals surface area contributed by atoms with Gasteiger partial charge in [-0.1, -0.05) is 17.7 Å². The number of nitrogens with zero attached hydrogens (tertiary/aromatic N) is 3. The van der Waals surface area contributed by atoms with Gasteiger partial charge in [0, 0.05) is 0 Å². The van der Waals surface area contributed by atoms with Crippen LogP contribution in [0.25, 0.3) is 0 Å². The minimum atomic E-state index is -0.580. The Morgan fingerprint density at radius 3 is 2.61 bits per heavy atom. The second-order valence-corrected chi connectivity index (χ2v) is 3.92. The van der Waals surface area contributed by atoms with E-state index in [-0.39, 0.29) is 11.7 Å². The number of nitro groups is 1. The minimum Gasteiger partial charge on any atom is -0.423 e. The summed E-state index contributed by atoms with van der Waals surface area (Å²) < 4.78 is 5.35. The first-order valence-electron chi connectivity index (χ1n) is 4.96. The minimum absolute atomic E-state index is 0.00750. The molecule has 0 bridgehead atoms. The van der Waals surface area contributed by atoms with Crippen LogP contribution in [0.5, 0.6) is 11.8 Å². The second-order valence-electron chi connectivity index (χ2n) is 3.52. The quantitative estimate of drug-likeness (QED) is 0.629. The van der Waals surface area contributed by atoms with E-state index in [1.165, 1.54) is 0 Å². The summed E-state index contributed by atoms with van der Waals surface area (Å²) in [5.41, 5.74) is 0.772. The van der Waals surface area contributed by atoms with Crippen LogP contribution in [-0.2, 0) is 0 Å². The lowest BCUT2D eigenvalue weighted by Gasteiger charge is -2.05. The van der Waals surface area contributed by atoms with Crippen molar-refractivity contribution in [3.63, 3.8) is 0 Å². The largest absolute Gasteiger partial charge is 0.423 e. The lowest BCUT2D eigenvalue weighted by atomic mass is 10.2. The molecule has 0 N–H and O–H groups in total. The number of benzene rings is 1. The molecule has 0 fully saturated rings. The third kappa shape index (κ3) is 2.72. The molecule has 0 aliphatic rings. The topological polar surface area (TPSA) is 78.2 Å². The van der Waals surface area contributed by atoms with Crippen molar-refractivity contribution in [3.8, 4) is 11.8 Å². The van der Waals surface area contributed by atoms with E-state index < -0.39 is 4.92 Å². The molecule has 18 heavy (non-hydrogen) atoms. The van der Waals surface area contributed by atoms with Crippen LogP contribution in [0, 0.1) is 17.0 Å². The molecular formula is C11H8ClN3O3. The smallest absolute Gasteiger partial charge is 0.322 e. The van der Waals surface area contributed by atoms with Gasteiger partial charge in [0.05, 0.1) is 9.95 Å². The zero-order valence-electron chi connectivity index (χ0n) is 9.33. The average Bonchev–Trinajstić information content (AvgIpc) is 2.34. The van der Waals surface area contributed by atoms with Crippen LogP contribution in [0.3, 0.4) is 0 Å². The summed E-state index contributed by atoms with van der Waals surface area (Å²) >= 11 is 5.94. The highest BCUT2D eigenvalue weighted by molar-refractivity contribution is 6.32. The van der Waals surface area contributed by atoms with Gasteiger partial charge < -0.3 is 4.74 Å². The van der Waals surface area contributed by atoms with Gasteiger partial charge in [-0.3, -0.25) is 10.1 Å². The van der Waals surface area contributed by atoms with Crippen LogP contribution in [-0.4, -0.2) is 14.9 Å². The third-order valence-electron chi connectivity index (χ3n) is 2.11. The molecule has 92 valence electrons. The van der Waals surface area contributed by atoms with Crippen molar-refractivity contribution in [2.24, 2.45) is 0 Å². The van der Waals surface area contributed by atoms with E-state index in [0.29, 0.717) is 10.8 Å². The molecule has 2 rings (SSSR count). The van der Waals surface area contributed by atoms with Crippen molar-refractivity contribution < 1.29 is 9.66 Å². The highest BCUT2D eigenvalue weighted by atomic mass is 35.5. The predicted octanol–water partition coefficient (Wildman–Crippen LogP) is 3.14.